The maximum absolute atomic E-state index is 12.3. The molecule has 0 aliphatic rings. The van der Waals surface area contributed by atoms with Crippen molar-refractivity contribution >= 4 is 43.4 Å². The quantitative estimate of drug-likeness (QED) is 0.433. The SMILES string of the molecule is CCCCc1ccc2nc(NC(=O)COc3ccc4ccccc4c3)sc2c1. The van der Waals surface area contributed by atoms with Crippen LogP contribution in [0.15, 0.2) is 60.7 Å². The molecule has 1 aromatic heterocycles. The number of anilines is 1. The minimum atomic E-state index is -0.210. The Balaban J connectivity index is 1.38. The van der Waals surface area contributed by atoms with Gasteiger partial charge in [0.05, 0.1) is 10.2 Å². The van der Waals surface area contributed by atoms with Crippen LogP contribution in [0.1, 0.15) is 25.3 Å². The maximum atomic E-state index is 12.3. The summed E-state index contributed by atoms with van der Waals surface area (Å²) in [5.41, 5.74) is 2.23. The van der Waals surface area contributed by atoms with Gasteiger partial charge in [-0.3, -0.25) is 10.1 Å². The third-order valence-electron chi connectivity index (χ3n) is 4.61. The molecule has 0 spiro atoms. The normalized spacial score (nSPS) is 11.0. The molecule has 4 nitrogen and oxygen atoms in total. The molecule has 0 aliphatic carbocycles. The van der Waals surface area contributed by atoms with Gasteiger partial charge in [0, 0.05) is 0 Å². The molecule has 0 bridgehead atoms. The van der Waals surface area contributed by atoms with Crippen molar-refractivity contribution in [2.45, 2.75) is 26.2 Å². The molecule has 1 heterocycles. The fourth-order valence-corrected chi connectivity index (χ4v) is 4.07. The number of carbonyl (C=O) groups is 1. The topological polar surface area (TPSA) is 51.2 Å². The zero-order valence-electron chi connectivity index (χ0n) is 15.8. The Bertz CT molecular complexity index is 1120. The minimum Gasteiger partial charge on any atom is -0.484 e. The minimum absolute atomic E-state index is 0.0456. The van der Waals surface area contributed by atoms with E-state index in [-0.39, 0.29) is 12.5 Å². The van der Waals surface area contributed by atoms with Crippen molar-refractivity contribution in [2.75, 3.05) is 11.9 Å². The number of rotatable bonds is 7. The Morgan fingerprint density at radius 2 is 1.93 bits per heavy atom. The highest BCUT2D eigenvalue weighted by Gasteiger charge is 2.09. The van der Waals surface area contributed by atoms with E-state index >= 15 is 0 Å². The highest BCUT2D eigenvalue weighted by molar-refractivity contribution is 7.22. The van der Waals surface area contributed by atoms with Gasteiger partial charge in [-0.25, -0.2) is 4.98 Å². The van der Waals surface area contributed by atoms with E-state index in [1.165, 1.54) is 29.7 Å². The number of nitrogens with one attached hydrogen (secondary N) is 1. The molecule has 0 saturated heterocycles. The van der Waals surface area contributed by atoms with E-state index in [1.54, 1.807) is 0 Å². The number of hydrogen-bond acceptors (Lipinski definition) is 4. The summed E-state index contributed by atoms with van der Waals surface area (Å²) in [5.74, 6) is 0.470. The van der Waals surface area contributed by atoms with Crippen LogP contribution >= 0.6 is 11.3 Å². The number of hydrogen-bond donors (Lipinski definition) is 1. The van der Waals surface area contributed by atoms with Crippen LogP contribution in [0.5, 0.6) is 5.75 Å². The van der Waals surface area contributed by atoms with Gasteiger partial charge in [-0.1, -0.05) is 61.1 Å². The molecule has 1 N–H and O–H groups in total. The van der Waals surface area contributed by atoms with Crippen LogP contribution in [0.25, 0.3) is 21.0 Å². The Hall–Kier alpha value is -2.92. The van der Waals surface area contributed by atoms with Crippen molar-refractivity contribution in [1.82, 2.24) is 4.98 Å². The van der Waals surface area contributed by atoms with Crippen LogP contribution in [0.2, 0.25) is 0 Å². The summed E-state index contributed by atoms with van der Waals surface area (Å²) in [7, 11) is 0. The average Bonchev–Trinajstić information content (AvgIpc) is 3.12. The standard InChI is InChI=1S/C23H22N2O2S/c1-2-3-6-16-9-12-20-21(13-16)28-23(24-20)25-22(26)15-27-19-11-10-17-7-4-5-8-18(17)14-19/h4-5,7-14H,2-3,6,15H2,1H3,(H,24,25,26). The zero-order valence-corrected chi connectivity index (χ0v) is 16.6. The van der Waals surface area contributed by atoms with E-state index in [0.717, 1.165) is 27.4 Å². The van der Waals surface area contributed by atoms with E-state index in [0.29, 0.717) is 10.9 Å². The lowest BCUT2D eigenvalue weighted by atomic mass is 10.1. The Kier molecular flexibility index (Phi) is 5.53. The number of aromatic nitrogens is 1. The van der Waals surface area contributed by atoms with Gasteiger partial charge in [0.2, 0.25) is 0 Å². The molecule has 4 aromatic rings. The third-order valence-corrected chi connectivity index (χ3v) is 5.54. The second-order valence-corrected chi connectivity index (χ2v) is 7.80. The van der Waals surface area contributed by atoms with Crippen molar-refractivity contribution in [2.24, 2.45) is 0 Å². The maximum Gasteiger partial charge on any atom is 0.264 e. The number of ether oxygens (including phenoxy) is 1. The van der Waals surface area contributed by atoms with E-state index in [2.05, 4.69) is 29.4 Å². The first-order valence-corrected chi connectivity index (χ1v) is 10.3. The second kappa shape index (κ2) is 8.40. The number of thiazole rings is 1. The predicted molar refractivity (Wildman–Crippen MR) is 116 cm³/mol. The van der Waals surface area contributed by atoms with Crippen LogP contribution < -0.4 is 10.1 Å². The van der Waals surface area contributed by atoms with Gasteiger partial charge in [0.15, 0.2) is 11.7 Å². The molecule has 0 saturated carbocycles. The van der Waals surface area contributed by atoms with Gasteiger partial charge >= 0.3 is 0 Å². The molecule has 0 atom stereocenters. The van der Waals surface area contributed by atoms with Crippen LogP contribution in [-0.4, -0.2) is 17.5 Å². The molecule has 142 valence electrons. The second-order valence-electron chi connectivity index (χ2n) is 6.77. The van der Waals surface area contributed by atoms with Crippen LogP contribution in [-0.2, 0) is 11.2 Å². The lowest BCUT2D eigenvalue weighted by Gasteiger charge is -2.07. The number of amides is 1. The van der Waals surface area contributed by atoms with E-state index in [1.807, 2.05) is 48.5 Å². The molecule has 0 aliphatic heterocycles. The van der Waals surface area contributed by atoms with E-state index in [4.69, 9.17) is 4.74 Å². The third kappa shape index (κ3) is 4.31. The number of carbonyl (C=O) groups excluding carboxylic acids is 1. The van der Waals surface area contributed by atoms with Crippen molar-refractivity contribution in [3.8, 4) is 5.75 Å². The molecule has 0 unspecified atom stereocenters. The fraction of sp³-hybridized carbons (Fsp3) is 0.217. The molecular formula is C23H22N2O2S. The zero-order chi connectivity index (χ0) is 19.3. The first-order chi connectivity index (χ1) is 13.7. The van der Waals surface area contributed by atoms with Crippen LogP contribution in [0, 0.1) is 0 Å². The summed E-state index contributed by atoms with van der Waals surface area (Å²) < 4.78 is 6.75. The summed E-state index contributed by atoms with van der Waals surface area (Å²) in [6, 6.07) is 20.2. The van der Waals surface area contributed by atoms with Gasteiger partial charge in [0.1, 0.15) is 5.75 Å². The van der Waals surface area contributed by atoms with Gasteiger partial charge in [0.25, 0.3) is 5.91 Å². The highest BCUT2D eigenvalue weighted by atomic mass is 32.1. The monoisotopic (exact) mass is 390 g/mol. The summed E-state index contributed by atoms with van der Waals surface area (Å²) in [5, 5.41) is 5.68. The van der Waals surface area contributed by atoms with Crippen molar-refractivity contribution < 1.29 is 9.53 Å². The van der Waals surface area contributed by atoms with E-state index < -0.39 is 0 Å². The van der Waals surface area contributed by atoms with Crippen molar-refractivity contribution in [1.29, 1.82) is 0 Å². The lowest BCUT2D eigenvalue weighted by molar-refractivity contribution is -0.118. The average molecular weight is 391 g/mol. The summed E-state index contributed by atoms with van der Waals surface area (Å²) in [4.78, 5) is 16.8. The Labute approximate surface area is 168 Å². The fourth-order valence-electron chi connectivity index (χ4n) is 3.12. The number of fused-ring (bicyclic) bond motifs is 2. The van der Waals surface area contributed by atoms with Gasteiger partial charge in [-0.15, -0.1) is 0 Å². The molecule has 5 heteroatoms. The summed E-state index contributed by atoms with van der Waals surface area (Å²) in [6.45, 7) is 2.15. The molecule has 0 fully saturated rings. The van der Waals surface area contributed by atoms with Gasteiger partial charge in [-0.2, -0.15) is 0 Å². The lowest BCUT2D eigenvalue weighted by Crippen LogP contribution is -2.19. The molecule has 4 rings (SSSR count). The predicted octanol–water partition coefficient (Wildman–Crippen LogP) is 5.81. The number of unbranched alkanes of at least 4 members (excludes halogenated alkanes) is 1. The molecule has 28 heavy (non-hydrogen) atoms. The number of nitrogens with zero attached hydrogens (tertiary/aromatic N) is 1. The molecule has 0 radical (unpaired) electrons. The largest absolute Gasteiger partial charge is 0.484 e. The number of benzene rings is 3. The van der Waals surface area contributed by atoms with Crippen LogP contribution in [0.3, 0.4) is 0 Å². The van der Waals surface area contributed by atoms with E-state index in [9.17, 15) is 4.79 Å². The molecular weight excluding hydrogens is 368 g/mol. The first kappa shape index (κ1) is 18.4. The highest BCUT2D eigenvalue weighted by Crippen LogP contribution is 2.27. The Morgan fingerprint density at radius 1 is 1.07 bits per heavy atom. The van der Waals surface area contributed by atoms with Gasteiger partial charge in [-0.05, 0) is 53.4 Å². The smallest absolute Gasteiger partial charge is 0.264 e. The molecule has 3 aromatic carbocycles. The number of aryl methyl sites for hydroxylation is 1. The molecule has 1 amide bonds. The van der Waals surface area contributed by atoms with Gasteiger partial charge < -0.3 is 4.74 Å². The van der Waals surface area contributed by atoms with Crippen LogP contribution in [0.4, 0.5) is 5.13 Å². The summed E-state index contributed by atoms with van der Waals surface area (Å²) >= 11 is 1.50. The van der Waals surface area contributed by atoms with Crippen molar-refractivity contribution in [3.63, 3.8) is 0 Å². The first-order valence-electron chi connectivity index (χ1n) is 9.52. The summed E-state index contributed by atoms with van der Waals surface area (Å²) in [6.07, 6.45) is 3.44. The van der Waals surface area contributed by atoms with Crippen molar-refractivity contribution in [3.05, 3.63) is 66.2 Å². The Morgan fingerprint density at radius 3 is 2.79 bits per heavy atom.